The summed E-state index contributed by atoms with van der Waals surface area (Å²) >= 11 is 0. The molecule has 3 unspecified atom stereocenters. The summed E-state index contributed by atoms with van der Waals surface area (Å²) in [5, 5.41) is 17.3. The minimum atomic E-state index is -1.25. The molecule has 2 rings (SSSR count). The lowest BCUT2D eigenvalue weighted by Crippen LogP contribution is -2.55. The predicted octanol–water partition coefficient (Wildman–Crippen LogP) is 1.47. The van der Waals surface area contributed by atoms with Crippen LogP contribution in [0.25, 0.3) is 10.9 Å². The van der Waals surface area contributed by atoms with Crippen LogP contribution >= 0.6 is 21.6 Å². The van der Waals surface area contributed by atoms with Crippen LogP contribution in [0.2, 0.25) is 0 Å². The molecule has 236 valence electrons. The summed E-state index contributed by atoms with van der Waals surface area (Å²) in [6.07, 6.45) is 1.94. The molecule has 13 nitrogen and oxygen atoms in total. The highest BCUT2D eigenvalue weighted by atomic mass is 33.1. The molecule has 2 aromatic rings. The van der Waals surface area contributed by atoms with Crippen molar-refractivity contribution in [2.45, 2.75) is 63.9 Å². The summed E-state index contributed by atoms with van der Waals surface area (Å²) in [4.78, 5) is 78.1. The van der Waals surface area contributed by atoms with Gasteiger partial charge in [0.1, 0.15) is 24.7 Å². The van der Waals surface area contributed by atoms with E-state index in [9.17, 15) is 28.8 Å². The molecule has 0 saturated heterocycles. The van der Waals surface area contributed by atoms with Crippen molar-refractivity contribution >= 4 is 68.1 Å². The maximum atomic E-state index is 13.5. The number of hydrogen-bond acceptors (Lipinski definition) is 9. The maximum Gasteiger partial charge on any atom is 0.326 e. The number of aromatic nitrogens is 1. The second-order valence-corrected chi connectivity index (χ2v) is 14.0. The summed E-state index contributed by atoms with van der Waals surface area (Å²) in [6, 6.07) is 4.36. The average Bonchev–Trinajstić information content (AvgIpc) is 3.32. The molecule has 0 saturated carbocycles. The Bertz CT molecular complexity index is 1330. The number of nitrogens with one attached hydrogen (secondary N) is 4. The first kappa shape index (κ1) is 35.5. The quantitative estimate of drug-likeness (QED) is 0.141. The van der Waals surface area contributed by atoms with E-state index in [2.05, 4.69) is 20.9 Å². The third kappa shape index (κ3) is 12.2. The lowest BCUT2D eigenvalue weighted by atomic mass is 10.0. The molecular weight excluding hydrogens is 598 g/mol. The van der Waals surface area contributed by atoms with Gasteiger partial charge in [-0.05, 0) is 18.6 Å². The first-order valence-corrected chi connectivity index (χ1v) is 15.7. The third-order valence-electron chi connectivity index (χ3n) is 5.81. The van der Waals surface area contributed by atoms with Gasteiger partial charge in [-0.2, -0.15) is 0 Å². The standard InChI is InChI=1S/C28H39N5O8S2/c1-16(27(39)40)30-23(35)14-41-24(36)13-33(6)26(38)22(15-42-43-28(3,4)5)32-25(37)21(31-17(2)34)11-18-12-29-20-10-8-7-9-19(18)20/h7-10,12,16,21-22,29H,11,13-15H2,1-6H3,(H,30,35)(H,31,34)(H,32,37)(H,39,40). The van der Waals surface area contributed by atoms with Gasteiger partial charge in [-0.15, -0.1) is 0 Å². The number of carboxylic acid groups (broad SMARTS) is 1. The Morgan fingerprint density at radius 2 is 1.72 bits per heavy atom. The molecule has 43 heavy (non-hydrogen) atoms. The molecule has 5 N–H and O–H groups in total. The van der Waals surface area contributed by atoms with Crippen LogP contribution in [0.5, 0.6) is 0 Å². The van der Waals surface area contributed by atoms with E-state index in [1.807, 2.05) is 45.0 Å². The minimum absolute atomic E-state index is 0.134. The Labute approximate surface area is 258 Å². The number of carboxylic acids is 1. The fourth-order valence-corrected chi connectivity index (χ4v) is 6.23. The molecule has 0 bridgehead atoms. The Morgan fingerprint density at radius 3 is 2.35 bits per heavy atom. The van der Waals surface area contributed by atoms with Gasteiger partial charge in [0.25, 0.3) is 5.91 Å². The molecular formula is C28H39N5O8S2. The van der Waals surface area contributed by atoms with E-state index in [0.29, 0.717) is 0 Å². The van der Waals surface area contributed by atoms with Crippen molar-refractivity contribution in [3.8, 4) is 0 Å². The summed E-state index contributed by atoms with van der Waals surface area (Å²) in [7, 11) is 4.25. The van der Waals surface area contributed by atoms with Crippen molar-refractivity contribution in [2.75, 3.05) is 26.0 Å². The number of hydrogen-bond donors (Lipinski definition) is 5. The van der Waals surface area contributed by atoms with Crippen molar-refractivity contribution in [1.29, 1.82) is 0 Å². The number of ether oxygens (including phenoxy) is 1. The number of likely N-dealkylation sites (N-methyl/N-ethyl adjacent to an activating group) is 1. The van der Waals surface area contributed by atoms with Crippen LogP contribution in [-0.2, 0) is 39.9 Å². The second-order valence-electron chi connectivity index (χ2n) is 10.8. The monoisotopic (exact) mass is 637 g/mol. The number of H-pyrrole nitrogens is 1. The topological polar surface area (TPSA) is 187 Å². The van der Waals surface area contributed by atoms with Crippen molar-refractivity contribution in [3.63, 3.8) is 0 Å². The van der Waals surface area contributed by atoms with Gasteiger partial charge in [-0.3, -0.25) is 28.8 Å². The van der Waals surface area contributed by atoms with E-state index in [0.717, 1.165) is 21.4 Å². The number of aromatic amines is 1. The maximum absolute atomic E-state index is 13.5. The molecule has 0 fully saturated rings. The van der Waals surface area contributed by atoms with E-state index in [4.69, 9.17) is 9.84 Å². The Hall–Kier alpha value is -3.72. The second kappa shape index (κ2) is 16.2. The highest BCUT2D eigenvalue weighted by Gasteiger charge is 2.30. The van der Waals surface area contributed by atoms with Gasteiger partial charge < -0.3 is 35.7 Å². The van der Waals surface area contributed by atoms with Crippen LogP contribution in [-0.4, -0.2) is 99.4 Å². The molecule has 4 amide bonds. The Balaban J connectivity index is 2.12. The fraction of sp³-hybridized carbons (Fsp3) is 0.500. The molecule has 1 aromatic carbocycles. The molecule has 0 aliphatic carbocycles. The first-order chi connectivity index (χ1) is 20.1. The van der Waals surface area contributed by atoms with Crippen LogP contribution in [0.15, 0.2) is 30.5 Å². The molecule has 3 atom stereocenters. The van der Waals surface area contributed by atoms with Gasteiger partial charge >= 0.3 is 11.9 Å². The predicted molar refractivity (Wildman–Crippen MR) is 165 cm³/mol. The van der Waals surface area contributed by atoms with Crippen LogP contribution in [0, 0.1) is 0 Å². The molecule has 0 aliphatic rings. The molecule has 0 radical (unpaired) electrons. The zero-order chi connectivity index (χ0) is 32.3. The average molecular weight is 638 g/mol. The van der Waals surface area contributed by atoms with Gasteiger partial charge in [0, 0.05) is 48.0 Å². The normalized spacial score (nSPS) is 13.3. The van der Waals surface area contributed by atoms with Crippen LogP contribution in [0.1, 0.15) is 40.2 Å². The van der Waals surface area contributed by atoms with Crippen molar-refractivity contribution in [2.24, 2.45) is 0 Å². The summed E-state index contributed by atoms with van der Waals surface area (Å²) in [6.45, 7) is 7.33. The van der Waals surface area contributed by atoms with Crippen molar-refractivity contribution < 1.29 is 38.6 Å². The number of aliphatic carboxylic acids is 1. The number of carbonyl (C=O) groups excluding carboxylic acids is 5. The first-order valence-electron chi connectivity index (χ1n) is 13.4. The van der Waals surface area contributed by atoms with Gasteiger partial charge in [0.2, 0.25) is 17.7 Å². The van der Waals surface area contributed by atoms with E-state index in [1.54, 1.807) is 6.20 Å². The van der Waals surface area contributed by atoms with Crippen molar-refractivity contribution in [3.05, 3.63) is 36.0 Å². The Kier molecular flexibility index (Phi) is 13.4. The lowest BCUT2D eigenvalue weighted by molar-refractivity contribution is -0.152. The number of fused-ring (bicyclic) bond motifs is 1. The van der Waals surface area contributed by atoms with Gasteiger partial charge in [-0.1, -0.05) is 60.6 Å². The lowest BCUT2D eigenvalue weighted by Gasteiger charge is -2.27. The van der Waals surface area contributed by atoms with E-state index < -0.39 is 66.8 Å². The number of carbonyl (C=O) groups is 6. The number of para-hydroxylation sites is 1. The van der Waals surface area contributed by atoms with Crippen LogP contribution in [0.4, 0.5) is 0 Å². The fourth-order valence-electron chi connectivity index (χ4n) is 3.78. The highest BCUT2D eigenvalue weighted by molar-refractivity contribution is 8.77. The van der Waals surface area contributed by atoms with E-state index >= 15 is 0 Å². The van der Waals surface area contributed by atoms with Gasteiger partial charge in [-0.25, -0.2) is 0 Å². The smallest absolute Gasteiger partial charge is 0.326 e. The number of nitrogens with zero attached hydrogens (tertiary/aromatic N) is 1. The molecule has 1 aromatic heterocycles. The summed E-state index contributed by atoms with van der Waals surface area (Å²) in [5.41, 5.74) is 1.69. The van der Waals surface area contributed by atoms with Gasteiger partial charge in [0.15, 0.2) is 6.61 Å². The van der Waals surface area contributed by atoms with Crippen molar-refractivity contribution in [1.82, 2.24) is 25.8 Å². The zero-order valence-electron chi connectivity index (χ0n) is 25.0. The number of benzene rings is 1. The SMILES string of the molecule is CC(=O)NC(Cc1c[nH]c2ccccc12)C(=O)NC(CSSC(C)(C)C)C(=O)N(C)CC(=O)OCC(=O)NC(C)C(=O)O. The largest absolute Gasteiger partial charge is 0.480 e. The molecule has 0 spiro atoms. The minimum Gasteiger partial charge on any atom is -0.480 e. The van der Waals surface area contributed by atoms with E-state index in [1.165, 1.54) is 42.5 Å². The third-order valence-corrected chi connectivity index (χ3v) is 9.15. The number of amides is 4. The highest BCUT2D eigenvalue weighted by Crippen LogP contribution is 2.35. The summed E-state index contributed by atoms with van der Waals surface area (Å²) in [5.74, 6) is -4.35. The molecule has 1 heterocycles. The van der Waals surface area contributed by atoms with Gasteiger partial charge in [0.05, 0.1) is 0 Å². The molecule has 15 heteroatoms. The van der Waals surface area contributed by atoms with Crippen LogP contribution < -0.4 is 16.0 Å². The summed E-state index contributed by atoms with van der Waals surface area (Å²) < 4.78 is 4.75. The number of esters is 1. The molecule has 0 aliphatic heterocycles. The Morgan fingerprint density at radius 1 is 1.05 bits per heavy atom. The van der Waals surface area contributed by atoms with Crippen LogP contribution in [0.3, 0.4) is 0 Å². The number of rotatable bonds is 15. The van der Waals surface area contributed by atoms with E-state index in [-0.39, 0.29) is 16.9 Å². The zero-order valence-corrected chi connectivity index (χ0v) is 26.6.